The zero-order chi connectivity index (χ0) is 35.9. The number of carbonyl (C=O) groups excluding carboxylic acids is 2. The average Bonchev–Trinajstić information content (AvgIpc) is 3.40. The molecule has 0 saturated carbocycles. The molecule has 3 aromatic carbocycles. The number of allylic oxidation sites excluding steroid dienone is 1. The van der Waals surface area contributed by atoms with Gasteiger partial charge in [0.1, 0.15) is 6.61 Å². The second-order valence-electron chi connectivity index (χ2n) is 10.7. The topological polar surface area (TPSA) is 124 Å². The van der Waals surface area contributed by atoms with Crippen LogP contribution in [-0.2, 0) is 25.7 Å². The van der Waals surface area contributed by atoms with Crippen molar-refractivity contribution in [3.05, 3.63) is 112 Å². The van der Waals surface area contributed by atoms with Crippen molar-refractivity contribution in [2.24, 2.45) is 4.99 Å². The van der Waals surface area contributed by atoms with Crippen molar-refractivity contribution in [2.75, 3.05) is 34.0 Å². The van der Waals surface area contributed by atoms with Crippen LogP contribution in [0.3, 0.4) is 0 Å². The number of fused-ring (bicyclic) bond motifs is 1. The monoisotopic (exact) mass is 784 g/mol. The summed E-state index contributed by atoms with van der Waals surface area (Å²) in [5.74, 6) is 0.336. The summed E-state index contributed by atoms with van der Waals surface area (Å²) in [4.78, 5) is 44.7. The lowest BCUT2D eigenvalue weighted by Crippen LogP contribution is -2.40. The number of nitrogens with zero attached hydrogens (tertiary/aromatic N) is 2. The number of methoxy groups -OCH3 is 2. The van der Waals surface area contributed by atoms with Crippen molar-refractivity contribution >= 4 is 56.9 Å². The first-order valence-corrected chi connectivity index (χ1v) is 17.5. The van der Waals surface area contributed by atoms with Gasteiger partial charge < -0.3 is 28.4 Å². The molecule has 1 aliphatic rings. The van der Waals surface area contributed by atoms with Crippen molar-refractivity contribution in [3.8, 4) is 23.0 Å². The molecular weight excluding hydrogens is 752 g/mol. The van der Waals surface area contributed by atoms with E-state index >= 15 is 0 Å². The van der Waals surface area contributed by atoms with Gasteiger partial charge in [0.2, 0.25) is 0 Å². The van der Waals surface area contributed by atoms with Crippen molar-refractivity contribution in [2.45, 2.75) is 33.4 Å². The van der Waals surface area contributed by atoms with E-state index < -0.39 is 18.0 Å². The molecule has 0 saturated heterocycles. The largest absolute Gasteiger partial charge is 0.493 e. The summed E-state index contributed by atoms with van der Waals surface area (Å²) in [6, 6.07) is 15.0. The fraction of sp³-hybridized carbons (Fsp3) is 0.278. The van der Waals surface area contributed by atoms with Crippen LogP contribution in [0, 0.1) is 0 Å². The third-order valence-corrected chi connectivity index (χ3v) is 9.22. The Morgan fingerprint density at radius 2 is 1.74 bits per heavy atom. The zero-order valence-electron chi connectivity index (χ0n) is 27.9. The van der Waals surface area contributed by atoms with Crippen LogP contribution < -0.4 is 33.8 Å². The smallest absolute Gasteiger partial charge is 0.343 e. The van der Waals surface area contributed by atoms with Crippen molar-refractivity contribution in [1.82, 2.24) is 4.57 Å². The van der Waals surface area contributed by atoms with E-state index in [-0.39, 0.29) is 31.0 Å². The van der Waals surface area contributed by atoms with E-state index in [1.54, 1.807) is 63.2 Å². The third-order valence-electron chi connectivity index (χ3n) is 7.52. The van der Waals surface area contributed by atoms with Crippen LogP contribution in [0.5, 0.6) is 23.0 Å². The molecule has 1 aliphatic heterocycles. The van der Waals surface area contributed by atoms with Gasteiger partial charge in [-0.25, -0.2) is 14.6 Å². The van der Waals surface area contributed by atoms with Crippen molar-refractivity contribution in [1.29, 1.82) is 0 Å². The predicted molar refractivity (Wildman–Crippen MR) is 192 cm³/mol. The minimum atomic E-state index is -0.918. The standard InChI is InChI=1S/C36H34BrClN2O9S/c1-6-46-27-15-22(10-13-26(27)48-19-30(41)45-5)32-31(35(43)47-7-2)20(3)39-36-40(32)34(42)29(50-36)16-23-14-24(37)17-28(44-4)33(23)49-18-21-8-11-25(38)12-9-21/h8-17,32H,6-7,18-19H2,1-5H3/b29-16+/t32-/m1/s1. The quantitative estimate of drug-likeness (QED) is 0.156. The molecule has 0 fully saturated rings. The van der Waals surface area contributed by atoms with Crippen LogP contribution in [0.4, 0.5) is 0 Å². The molecule has 0 spiro atoms. The summed E-state index contributed by atoms with van der Waals surface area (Å²) in [5, 5.41) is 0.614. The average molecular weight is 786 g/mol. The molecule has 262 valence electrons. The van der Waals surface area contributed by atoms with Gasteiger partial charge in [0, 0.05) is 15.1 Å². The molecule has 1 atom stereocenters. The van der Waals surface area contributed by atoms with Gasteiger partial charge in [0.25, 0.3) is 5.56 Å². The molecule has 14 heteroatoms. The number of esters is 2. The Morgan fingerprint density at radius 3 is 2.42 bits per heavy atom. The van der Waals surface area contributed by atoms with Gasteiger partial charge in [-0.05, 0) is 74.4 Å². The van der Waals surface area contributed by atoms with E-state index in [9.17, 15) is 14.4 Å². The van der Waals surface area contributed by atoms with Gasteiger partial charge in [-0.3, -0.25) is 9.36 Å². The highest BCUT2D eigenvalue weighted by molar-refractivity contribution is 9.10. The van der Waals surface area contributed by atoms with Gasteiger partial charge in [0.15, 0.2) is 34.4 Å². The minimum Gasteiger partial charge on any atom is -0.493 e. The lowest BCUT2D eigenvalue weighted by Gasteiger charge is -2.25. The number of aromatic nitrogens is 1. The summed E-state index contributed by atoms with van der Waals surface area (Å²) < 4.78 is 36.1. The second-order valence-corrected chi connectivity index (χ2v) is 13.1. The predicted octanol–water partition coefficient (Wildman–Crippen LogP) is 5.75. The summed E-state index contributed by atoms with van der Waals surface area (Å²) in [6.45, 7) is 5.52. The Morgan fingerprint density at radius 1 is 0.980 bits per heavy atom. The molecule has 50 heavy (non-hydrogen) atoms. The fourth-order valence-electron chi connectivity index (χ4n) is 5.26. The lowest BCUT2D eigenvalue weighted by molar-refractivity contribution is -0.143. The molecule has 0 radical (unpaired) electrons. The molecule has 11 nitrogen and oxygen atoms in total. The van der Waals surface area contributed by atoms with Crippen LogP contribution in [0.25, 0.3) is 6.08 Å². The Balaban J connectivity index is 1.65. The minimum absolute atomic E-state index is 0.126. The maximum atomic E-state index is 14.4. The number of thiazole rings is 1. The van der Waals surface area contributed by atoms with Crippen LogP contribution in [0.2, 0.25) is 5.02 Å². The van der Waals surface area contributed by atoms with Gasteiger partial charge in [0.05, 0.1) is 49.3 Å². The number of rotatable bonds is 13. The van der Waals surface area contributed by atoms with E-state index in [1.807, 2.05) is 18.2 Å². The molecular formula is C36H34BrClN2O9S. The third kappa shape index (κ3) is 8.06. The summed E-state index contributed by atoms with van der Waals surface area (Å²) in [6.07, 6.45) is 1.71. The SMILES string of the molecule is CCOC(=O)C1=C(C)N=c2s/c(=C/c3cc(Br)cc(OC)c3OCc3ccc(Cl)cc3)c(=O)n2[C@@H]1c1ccc(OCC(=O)OC)c(OCC)c1. The van der Waals surface area contributed by atoms with Gasteiger partial charge in [-0.15, -0.1) is 0 Å². The number of carbonyl (C=O) groups is 2. The van der Waals surface area contributed by atoms with E-state index in [0.717, 1.165) is 5.56 Å². The fourth-order valence-corrected chi connectivity index (χ4v) is 6.88. The first kappa shape index (κ1) is 36.7. The second kappa shape index (κ2) is 16.4. The van der Waals surface area contributed by atoms with Crippen LogP contribution in [-0.4, -0.2) is 50.5 Å². The van der Waals surface area contributed by atoms with E-state index in [2.05, 4.69) is 20.9 Å². The molecule has 0 N–H and O–H groups in total. The molecule has 1 aromatic heterocycles. The molecule has 2 heterocycles. The van der Waals surface area contributed by atoms with Gasteiger partial charge in [-0.1, -0.05) is 57.1 Å². The summed E-state index contributed by atoms with van der Waals surface area (Å²) in [5.41, 5.74) is 2.23. The normalized spacial score (nSPS) is 14.1. The highest BCUT2D eigenvalue weighted by Gasteiger charge is 2.34. The molecule has 5 rings (SSSR count). The van der Waals surface area contributed by atoms with E-state index in [4.69, 9.17) is 40.0 Å². The number of hydrogen-bond acceptors (Lipinski definition) is 11. The molecule has 4 aromatic rings. The molecule has 0 bridgehead atoms. The summed E-state index contributed by atoms with van der Waals surface area (Å²) in [7, 11) is 2.80. The Kier molecular flexibility index (Phi) is 12.0. The molecule has 0 unspecified atom stereocenters. The van der Waals surface area contributed by atoms with Gasteiger partial charge >= 0.3 is 11.9 Å². The highest BCUT2D eigenvalue weighted by Crippen LogP contribution is 2.38. The Hall–Kier alpha value is -4.59. The molecule has 0 aliphatic carbocycles. The van der Waals surface area contributed by atoms with E-state index in [0.29, 0.717) is 65.3 Å². The highest BCUT2D eigenvalue weighted by atomic mass is 79.9. The first-order chi connectivity index (χ1) is 24.1. The Bertz CT molecular complexity index is 2130. The number of halogens is 2. The maximum Gasteiger partial charge on any atom is 0.343 e. The number of ether oxygens (including phenoxy) is 6. The van der Waals surface area contributed by atoms with Crippen LogP contribution in [0.15, 0.2) is 80.1 Å². The number of benzene rings is 3. The van der Waals surface area contributed by atoms with Crippen molar-refractivity contribution < 1.29 is 38.0 Å². The number of hydrogen-bond donors (Lipinski definition) is 0. The lowest BCUT2D eigenvalue weighted by atomic mass is 9.95. The Labute approximate surface area is 305 Å². The maximum absolute atomic E-state index is 14.4. The first-order valence-electron chi connectivity index (χ1n) is 15.5. The van der Waals surface area contributed by atoms with Gasteiger partial charge in [-0.2, -0.15) is 0 Å². The molecule has 0 amide bonds. The zero-order valence-corrected chi connectivity index (χ0v) is 31.1. The summed E-state index contributed by atoms with van der Waals surface area (Å²) >= 11 is 10.8. The van der Waals surface area contributed by atoms with E-state index in [1.165, 1.54) is 30.1 Å². The van der Waals surface area contributed by atoms with Crippen molar-refractivity contribution in [3.63, 3.8) is 0 Å². The van der Waals surface area contributed by atoms with Crippen LogP contribution in [0.1, 0.15) is 43.5 Å². The van der Waals surface area contributed by atoms with Crippen LogP contribution >= 0.6 is 38.9 Å².